The van der Waals surface area contributed by atoms with E-state index in [2.05, 4.69) is 294 Å². The average Bonchev–Trinajstić information content (AvgIpc) is 2.12. The van der Waals surface area contributed by atoms with Gasteiger partial charge in [0.1, 0.15) is 3.72 Å². The first-order valence-electron chi connectivity index (χ1n) is 3.91. The SMILES string of the molecule is [O]C(I)(C(I)(I)I)C(I)(I)C(I)(I)C(I)(I)C(I)(I)I. The monoisotopic (exact) mass is 1740 g/mol. The third kappa shape index (κ3) is 6.48. The second-order valence-electron chi connectivity index (χ2n) is 3.31. The van der Waals surface area contributed by atoms with Crippen molar-refractivity contribution in [3.63, 3.8) is 0 Å². The molecule has 0 aliphatic heterocycles. The van der Waals surface area contributed by atoms with Crippen LogP contribution in [0.1, 0.15) is 0 Å². The van der Waals surface area contributed by atoms with Crippen LogP contribution in [0.15, 0.2) is 0 Å². The predicted octanol–water partition coefficient (Wildman–Crippen LogP) is 10.2. The summed E-state index contributed by atoms with van der Waals surface area (Å²) in [6, 6.07) is 0. The fourth-order valence-electron chi connectivity index (χ4n) is 0.755. The Morgan fingerprint density at radius 3 is 0.900 bits per heavy atom. The molecule has 1 nitrogen and oxygen atoms in total. The minimum absolute atomic E-state index is 0.0113. The van der Waals surface area contributed by atoms with Gasteiger partial charge in [-0.15, -0.1) is 0 Å². The van der Waals surface area contributed by atoms with E-state index in [1.807, 2.05) is 0 Å². The lowest BCUT2D eigenvalue weighted by Crippen LogP contribution is -2.63. The number of halogens is 13. The van der Waals surface area contributed by atoms with Crippen LogP contribution in [0.2, 0.25) is 0 Å². The fraction of sp³-hybridized carbons (Fsp3) is 1.00. The molecule has 0 N–H and O–H groups in total. The second-order valence-corrected chi connectivity index (χ2v) is 42.8. The molecule has 0 amide bonds. The van der Waals surface area contributed by atoms with Gasteiger partial charge in [-0.1, -0.05) is 271 Å². The number of hydrogen-bond acceptors (Lipinski definition) is 0. The van der Waals surface area contributed by atoms with Crippen LogP contribution < -0.4 is 0 Å². The van der Waals surface area contributed by atoms with Gasteiger partial charge >= 0.3 is 0 Å². The standard InChI is InChI=1S/C6I13O/c7-1(8,3(11,12)5(14,15)16)2(9,10)4(13,20)6(17,18)19. The summed E-state index contributed by atoms with van der Waals surface area (Å²) in [5, 5.41) is 13.5. The van der Waals surface area contributed by atoms with Crippen LogP contribution in [0, 0.1) is 0 Å². The Balaban J connectivity index is 6.08. The first-order valence-corrected chi connectivity index (χ1v) is 17.9. The van der Waals surface area contributed by atoms with E-state index in [1.165, 1.54) is 0 Å². The van der Waals surface area contributed by atoms with Crippen LogP contribution in [0.4, 0.5) is 0 Å². The minimum atomic E-state index is -1.14. The molecule has 0 spiro atoms. The summed E-state index contributed by atoms with van der Waals surface area (Å²) in [6.07, 6.45) is 0. The molecule has 0 saturated heterocycles. The average molecular weight is 1740 g/mol. The molecule has 1 radical (unpaired) electrons. The summed E-state index contributed by atoms with van der Waals surface area (Å²) in [5.41, 5.74) is 0. The van der Waals surface area contributed by atoms with Crippen molar-refractivity contribution in [2.24, 2.45) is 0 Å². The highest BCUT2D eigenvalue weighted by Crippen LogP contribution is 2.74. The Hall–Kier alpha value is 9.45. The van der Waals surface area contributed by atoms with Gasteiger partial charge in [-0.05, 0) is 22.6 Å². The number of alkyl halides is 13. The highest BCUT2D eigenvalue weighted by Gasteiger charge is 2.73. The Morgan fingerprint density at radius 1 is 0.400 bits per heavy atom. The molecule has 0 aromatic carbocycles. The molecular formula is C6I13O. The maximum absolute atomic E-state index is 13.5. The van der Waals surface area contributed by atoms with Crippen LogP contribution in [0.5, 0.6) is 0 Å². The van der Waals surface area contributed by atoms with Crippen molar-refractivity contribution in [2.75, 3.05) is 0 Å². The molecule has 0 aliphatic rings. The normalized spacial score (nSPS) is 18.9. The zero-order chi connectivity index (χ0) is 17.0. The first kappa shape index (κ1) is 29.5. The molecule has 0 heterocycles. The van der Waals surface area contributed by atoms with Crippen LogP contribution in [0.3, 0.4) is 0 Å². The molecule has 14 heteroatoms. The second kappa shape index (κ2) is 10.4. The molecule has 0 fully saturated rings. The first-order chi connectivity index (χ1) is 8.25. The van der Waals surface area contributed by atoms with Gasteiger partial charge in [-0.3, -0.25) is 0 Å². The Labute approximate surface area is 296 Å². The van der Waals surface area contributed by atoms with E-state index in [0.29, 0.717) is 0 Å². The van der Waals surface area contributed by atoms with Gasteiger partial charge in [0, 0.05) is 0 Å². The lowest BCUT2D eigenvalue weighted by Gasteiger charge is -2.52. The molecule has 0 saturated carbocycles. The quantitative estimate of drug-likeness (QED) is 0.193. The van der Waals surface area contributed by atoms with Crippen molar-refractivity contribution in [3.05, 3.63) is 0 Å². The van der Waals surface area contributed by atoms with Gasteiger partial charge in [-0.25, -0.2) is 5.11 Å². The van der Waals surface area contributed by atoms with Crippen LogP contribution in [-0.2, 0) is 5.11 Å². The van der Waals surface area contributed by atoms with E-state index in [0.717, 1.165) is 0 Å². The summed E-state index contributed by atoms with van der Waals surface area (Å²) >= 11 is 31.0. The zero-order valence-corrected chi connectivity index (χ0v) is 36.4. The van der Waals surface area contributed by atoms with E-state index in [4.69, 9.17) is 0 Å². The summed E-state index contributed by atoms with van der Waals surface area (Å²) in [7, 11) is 0. The van der Waals surface area contributed by atoms with Crippen molar-refractivity contribution < 1.29 is 5.11 Å². The summed E-state index contributed by atoms with van der Waals surface area (Å²) in [6.45, 7) is 0. The third-order valence-electron chi connectivity index (χ3n) is 1.91. The zero-order valence-electron chi connectivity index (χ0n) is 8.32. The summed E-state index contributed by atoms with van der Waals surface area (Å²) < 4.78 is -2.43. The largest absolute Gasteiger partial charge is 0.212 e. The smallest absolute Gasteiger partial charge is 0.212 e. The van der Waals surface area contributed by atoms with Crippen LogP contribution in [0.25, 0.3) is 0 Å². The molecule has 121 valence electrons. The van der Waals surface area contributed by atoms with Crippen molar-refractivity contribution in [3.8, 4) is 0 Å². The van der Waals surface area contributed by atoms with E-state index in [-0.39, 0.29) is 2.29 Å². The van der Waals surface area contributed by atoms with Crippen LogP contribution >= 0.6 is 294 Å². The van der Waals surface area contributed by atoms with Crippen molar-refractivity contribution in [2.45, 2.75) is 6.76 Å². The summed E-state index contributed by atoms with van der Waals surface area (Å²) in [5.74, 6) is 0. The molecule has 0 bridgehead atoms. The number of rotatable bonds is 5. The van der Waals surface area contributed by atoms with Crippen molar-refractivity contribution in [1.82, 2.24) is 0 Å². The highest BCUT2D eigenvalue weighted by atomic mass is 127. The predicted molar refractivity (Wildman–Crippen MR) is 199 cm³/mol. The Kier molecular flexibility index (Phi) is 15.3. The van der Waals surface area contributed by atoms with Gasteiger partial charge in [0.25, 0.3) is 0 Å². The fourth-order valence-corrected chi connectivity index (χ4v) is 16.9. The van der Waals surface area contributed by atoms with Gasteiger partial charge in [0.2, 0.25) is 3.61 Å². The molecule has 0 aromatic heterocycles. The minimum Gasteiger partial charge on any atom is -0.212 e. The van der Waals surface area contributed by atoms with Gasteiger partial charge < -0.3 is 0 Å². The van der Waals surface area contributed by atoms with E-state index in [9.17, 15) is 5.11 Å². The van der Waals surface area contributed by atoms with Crippen molar-refractivity contribution in [1.29, 1.82) is 0 Å². The molecule has 0 aliphatic carbocycles. The maximum atomic E-state index is 13.5. The number of hydrogen-bond donors (Lipinski definition) is 0. The van der Waals surface area contributed by atoms with Gasteiger partial charge in [0.15, 0.2) is -0.565 Å². The van der Waals surface area contributed by atoms with E-state index in [1.54, 1.807) is 0 Å². The molecule has 1 atom stereocenters. The van der Waals surface area contributed by atoms with E-state index < -0.39 is 4.47 Å². The molecule has 1 unspecified atom stereocenters. The lowest BCUT2D eigenvalue weighted by atomic mass is 10.2. The van der Waals surface area contributed by atoms with Crippen LogP contribution in [-0.4, -0.2) is 6.76 Å². The summed E-state index contributed by atoms with van der Waals surface area (Å²) in [4.78, 5) is 0. The molecule has 0 rings (SSSR count). The van der Waals surface area contributed by atoms with Gasteiger partial charge in [0.05, 0.1) is 0 Å². The molecule has 20 heavy (non-hydrogen) atoms. The molecule has 0 aromatic rings. The van der Waals surface area contributed by atoms with E-state index >= 15 is 0 Å². The highest BCUT2D eigenvalue weighted by molar-refractivity contribution is 14.3. The lowest BCUT2D eigenvalue weighted by molar-refractivity contribution is 0.0863. The maximum Gasteiger partial charge on any atom is 0.212 e. The van der Waals surface area contributed by atoms with Gasteiger partial charge in [-0.2, -0.15) is 0 Å². The molecular weight excluding hydrogens is 1740 g/mol. The Bertz CT molecular complexity index is 324. The topological polar surface area (TPSA) is 19.9 Å². The Morgan fingerprint density at radius 2 is 0.700 bits per heavy atom. The third-order valence-corrected chi connectivity index (χ3v) is 37.5. The van der Waals surface area contributed by atoms with Crippen molar-refractivity contribution >= 4 is 294 Å².